The quantitative estimate of drug-likeness (QED) is 0.746. The molecule has 108 valence electrons. The van der Waals surface area contributed by atoms with Crippen molar-refractivity contribution in [1.82, 2.24) is 4.90 Å². The van der Waals surface area contributed by atoms with Crippen LogP contribution in [0.3, 0.4) is 0 Å². The highest BCUT2D eigenvalue weighted by molar-refractivity contribution is 8.00. The molecule has 0 aromatic heterocycles. The van der Waals surface area contributed by atoms with Crippen molar-refractivity contribution >= 4 is 11.8 Å². The van der Waals surface area contributed by atoms with Crippen molar-refractivity contribution in [2.75, 3.05) is 39.6 Å². The predicted molar refractivity (Wildman–Crippen MR) is 78.0 cm³/mol. The first-order valence-electron chi connectivity index (χ1n) is 6.66. The minimum absolute atomic E-state index is 0.150. The van der Waals surface area contributed by atoms with Crippen LogP contribution in [0.25, 0.3) is 0 Å². The minimum Gasteiger partial charge on any atom is -0.356 e. The first kappa shape index (κ1) is 16.2. The molecule has 2 N–H and O–H groups in total. The molecule has 1 aliphatic rings. The van der Waals surface area contributed by atoms with Gasteiger partial charge in [0.15, 0.2) is 6.29 Å². The molecular formula is C13H28N2O2S. The van der Waals surface area contributed by atoms with Crippen LogP contribution in [0.15, 0.2) is 0 Å². The van der Waals surface area contributed by atoms with E-state index in [0.29, 0.717) is 17.3 Å². The van der Waals surface area contributed by atoms with Crippen LogP contribution in [0, 0.1) is 0 Å². The van der Waals surface area contributed by atoms with E-state index in [4.69, 9.17) is 15.2 Å². The number of nitrogens with two attached hydrogens (primary N) is 1. The summed E-state index contributed by atoms with van der Waals surface area (Å²) >= 11 is 2.06. The van der Waals surface area contributed by atoms with E-state index < -0.39 is 0 Å². The Morgan fingerprint density at radius 2 is 1.94 bits per heavy atom. The van der Waals surface area contributed by atoms with Gasteiger partial charge in [0.2, 0.25) is 0 Å². The SMILES string of the molecule is COC(CC(CN)N1CCSC(C)(C)CC1)OC. The lowest BCUT2D eigenvalue weighted by Gasteiger charge is -2.31. The highest BCUT2D eigenvalue weighted by atomic mass is 32.2. The lowest BCUT2D eigenvalue weighted by molar-refractivity contribution is -0.116. The Balaban J connectivity index is 2.54. The van der Waals surface area contributed by atoms with E-state index in [1.807, 2.05) is 0 Å². The second-order valence-corrected chi connectivity index (χ2v) is 7.22. The lowest BCUT2D eigenvalue weighted by atomic mass is 10.1. The smallest absolute Gasteiger partial charge is 0.158 e. The van der Waals surface area contributed by atoms with Crippen molar-refractivity contribution in [3.05, 3.63) is 0 Å². The fourth-order valence-corrected chi connectivity index (χ4v) is 3.42. The lowest BCUT2D eigenvalue weighted by Crippen LogP contribution is -2.44. The van der Waals surface area contributed by atoms with Crippen LogP contribution < -0.4 is 5.73 Å². The van der Waals surface area contributed by atoms with Crippen molar-refractivity contribution in [3.63, 3.8) is 0 Å². The maximum absolute atomic E-state index is 5.92. The maximum atomic E-state index is 5.92. The van der Waals surface area contributed by atoms with E-state index in [9.17, 15) is 0 Å². The molecule has 0 aromatic carbocycles. The first-order chi connectivity index (χ1) is 8.52. The summed E-state index contributed by atoms with van der Waals surface area (Å²) in [5, 5.41) is 0. The number of hydrogen-bond donors (Lipinski definition) is 1. The Bertz CT molecular complexity index is 235. The van der Waals surface area contributed by atoms with Gasteiger partial charge in [0, 0.05) is 50.3 Å². The molecule has 0 aromatic rings. The molecule has 4 nitrogen and oxygen atoms in total. The van der Waals surface area contributed by atoms with Gasteiger partial charge in [-0.2, -0.15) is 11.8 Å². The summed E-state index contributed by atoms with van der Waals surface area (Å²) in [5.74, 6) is 1.17. The second-order valence-electron chi connectivity index (χ2n) is 5.42. The van der Waals surface area contributed by atoms with Crippen LogP contribution in [0.2, 0.25) is 0 Å². The van der Waals surface area contributed by atoms with Gasteiger partial charge in [0.05, 0.1) is 0 Å². The molecule has 0 spiro atoms. The van der Waals surface area contributed by atoms with Gasteiger partial charge in [-0.15, -0.1) is 0 Å². The van der Waals surface area contributed by atoms with Gasteiger partial charge in [0.1, 0.15) is 0 Å². The molecule has 1 rings (SSSR count). The normalized spacial score (nSPS) is 23.0. The van der Waals surface area contributed by atoms with Gasteiger partial charge >= 0.3 is 0 Å². The maximum Gasteiger partial charge on any atom is 0.158 e. The standard InChI is InChI=1S/C13H28N2O2S/c1-13(2)5-6-15(7-8-18-13)11(10-14)9-12(16-3)17-4/h11-12H,5-10,14H2,1-4H3. The molecule has 1 fully saturated rings. The Hall–Kier alpha value is 0.190. The summed E-state index contributed by atoms with van der Waals surface area (Å²) < 4.78 is 11.0. The minimum atomic E-state index is -0.150. The Morgan fingerprint density at radius 1 is 1.28 bits per heavy atom. The van der Waals surface area contributed by atoms with E-state index in [-0.39, 0.29) is 6.29 Å². The summed E-state index contributed by atoms with van der Waals surface area (Å²) in [6, 6.07) is 0.351. The average Bonchev–Trinajstić information content (AvgIpc) is 2.52. The fraction of sp³-hybridized carbons (Fsp3) is 1.00. The number of methoxy groups -OCH3 is 2. The summed E-state index contributed by atoms with van der Waals surface area (Å²) in [5.41, 5.74) is 5.92. The van der Waals surface area contributed by atoms with Crippen molar-refractivity contribution in [1.29, 1.82) is 0 Å². The molecule has 18 heavy (non-hydrogen) atoms. The highest BCUT2D eigenvalue weighted by Gasteiger charge is 2.28. The Kier molecular flexibility index (Phi) is 6.95. The molecule has 1 aliphatic heterocycles. The van der Waals surface area contributed by atoms with E-state index in [2.05, 4.69) is 30.5 Å². The second kappa shape index (κ2) is 7.70. The van der Waals surface area contributed by atoms with Crippen molar-refractivity contribution in [3.8, 4) is 0 Å². The van der Waals surface area contributed by atoms with E-state index in [1.165, 1.54) is 12.2 Å². The van der Waals surface area contributed by atoms with Crippen molar-refractivity contribution in [2.24, 2.45) is 5.73 Å². The van der Waals surface area contributed by atoms with Crippen LogP contribution in [0.5, 0.6) is 0 Å². The van der Waals surface area contributed by atoms with Crippen LogP contribution >= 0.6 is 11.8 Å². The number of thioether (sulfide) groups is 1. The van der Waals surface area contributed by atoms with Gasteiger partial charge in [0.25, 0.3) is 0 Å². The molecule has 1 saturated heterocycles. The summed E-state index contributed by atoms with van der Waals surface area (Å²) in [6.45, 7) is 7.53. The van der Waals surface area contributed by atoms with Gasteiger partial charge in [-0.05, 0) is 13.0 Å². The Labute approximate surface area is 116 Å². The Morgan fingerprint density at radius 3 is 2.50 bits per heavy atom. The predicted octanol–water partition coefficient (Wildman–Crippen LogP) is 1.54. The van der Waals surface area contributed by atoms with E-state index in [0.717, 1.165) is 19.5 Å². The fourth-order valence-electron chi connectivity index (χ4n) is 2.31. The first-order valence-corrected chi connectivity index (χ1v) is 7.64. The number of ether oxygens (including phenoxy) is 2. The summed E-state index contributed by atoms with van der Waals surface area (Å²) in [4.78, 5) is 2.49. The highest BCUT2D eigenvalue weighted by Crippen LogP contribution is 2.31. The van der Waals surface area contributed by atoms with E-state index >= 15 is 0 Å². The van der Waals surface area contributed by atoms with Crippen LogP contribution in [0.1, 0.15) is 26.7 Å². The zero-order valence-corrected chi connectivity index (χ0v) is 13.0. The van der Waals surface area contributed by atoms with E-state index in [1.54, 1.807) is 14.2 Å². The molecule has 5 heteroatoms. The third-order valence-electron chi connectivity index (χ3n) is 3.65. The molecule has 0 bridgehead atoms. The molecule has 1 unspecified atom stereocenters. The average molecular weight is 276 g/mol. The number of rotatable bonds is 6. The van der Waals surface area contributed by atoms with Crippen molar-refractivity contribution < 1.29 is 9.47 Å². The van der Waals surface area contributed by atoms with Crippen molar-refractivity contribution in [2.45, 2.75) is 43.8 Å². The largest absolute Gasteiger partial charge is 0.356 e. The van der Waals surface area contributed by atoms with Gasteiger partial charge in [-0.1, -0.05) is 13.8 Å². The molecule has 1 atom stereocenters. The summed E-state index contributed by atoms with van der Waals surface area (Å²) in [7, 11) is 3.37. The molecule has 0 amide bonds. The van der Waals surface area contributed by atoms with Gasteiger partial charge in [-0.25, -0.2) is 0 Å². The third kappa shape index (κ3) is 5.05. The molecular weight excluding hydrogens is 248 g/mol. The monoisotopic (exact) mass is 276 g/mol. The van der Waals surface area contributed by atoms with Crippen LogP contribution in [-0.2, 0) is 9.47 Å². The zero-order chi connectivity index (χ0) is 13.6. The molecule has 0 aliphatic carbocycles. The molecule has 0 radical (unpaired) electrons. The van der Waals surface area contributed by atoms with Gasteiger partial charge < -0.3 is 15.2 Å². The van der Waals surface area contributed by atoms with Crippen LogP contribution in [0.4, 0.5) is 0 Å². The third-order valence-corrected chi connectivity index (χ3v) is 5.02. The molecule has 1 heterocycles. The summed E-state index contributed by atoms with van der Waals surface area (Å²) in [6.07, 6.45) is 1.90. The van der Waals surface area contributed by atoms with Gasteiger partial charge in [-0.3, -0.25) is 4.90 Å². The topological polar surface area (TPSA) is 47.7 Å². The number of hydrogen-bond acceptors (Lipinski definition) is 5. The zero-order valence-electron chi connectivity index (χ0n) is 12.1. The number of nitrogens with zero attached hydrogens (tertiary/aromatic N) is 1. The van der Waals surface area contributed by atoms with Crippen LogP contribution in [-0.4, -0.2) is 61.6 Å². The molecule has 0 saturated carbocycles.